The molecule has 1 amide bonds. The molecule has 1 fully saturated rings. The number of thiazole rings is 1. The fourth-order valence-electron chi connectivity index (χ4n) is 4.10. The Balaban J connectivity index is 1.42. The predicted molar refractivity (Wildman–Crippen MR) is 112 cm³/mol. The molecule has 0 unspecified atom stereocenters. The number of fused-ring (bicyclic) bond motifs is 1. The lowest BCUT2D eigenvalue weighted by molar-refractivity contribution is -0.128. The van der Waals surface area contributed by atoms with Gasteiger partial charge in [-0.25, -0.2) is 4.98 Å². The first-order valence-electron chi connectivity index (χ1n) is 9.88. The van der Waals surface area contributed by atoms with E-state index in [9.17, 15) is 4.79 Å². The topological polar surface area (TPSA) is 33.2 Å². The molecule has 1 aromatic carbocycles. The van der Waals surface area contributed by atoms with Crippen LogP contribution in [-0.2, 0) is 16.6 Å². The number of aromatic nitrogens is 1. The number of benzene rings is 1. The molecular formula is C23H28N2OS. The second-order valence-electron chi connectivity index (χ2n) is 8.82. The van der Waals surface area contributed by atoms with Crippen molar-refractivity contribution in [3.8, 4) is 0 Å². The van der Waals surface area contributed by atoms with Gasteiger partial charge in [-0.1, -0.05) is 45.0 Å². The Kier molecular flexibility index (Phi) is 4.71. The maximum absolute atomic E-state index is 13.1. The van der Waals surface area contributed by atoms with Crippen molar-refractivity contribution in [2.24, 2.45) is 0 Å². The number of carbonyl (C=O) groups is 1. The molecule has 3 nitrogen and oxygen atoms in total. The van der Waals surface area contributed by atoms with E-state index in [-0.39, 0.29) is 11.3 Å². The first-order chi connectivity index (χ1) is 12.8. The summed E-state index contributed by atoms with van der Waals surface area (Å²) in [7, 11) is 0. The Labute approximate surface area is 166 Å². The molecule has 0 bridgehead atoms. The van der Waals surface area contributed by atoms with Crippen LogP contribution < -0.4 is 0 Å². The average molecular weight is 381 g/mol. The number of hydrogen-bond donors (Lipinski definition) is 0. The Morgan fingerprint density at radius 2 is 1.89 bits per heavy atom. The summed E-state index contributed by atoms with van der Waals surface area (Å²) >= 11 is 1.79. The lowest BCUT2D eigenvalue weighted by atomic mass is 9.93. The number of carbonyl (C=O) groups excluding carboxylic acids is 1. The molecular weight excluding hydrogens is 352 g/mol. The third-order valence-corrected chi connectivity index (χ3v) is 6.93. The van der Waals surface area contributed by atoms with Crippen LogP contribution in [0.5, 0.6) is 0 Å². The van der Waals surface area contributed by atoms with E-state index in [0.717, 1.165) is 43.5 Å². The molecule has 0 radical (unpaired) electrons. The average Bonchev–Trinajstić information content (AvgIpc) is 3.27. The van der Waals surface area contributed by atoms with E-state index in [1.807, 2.05) is 0 Å². The van der Waals surface area contributed by atoms with Gasteiger partial charge in [0.2, 0.25) is 5.91 Å². The number of allylic oxidation sites excluding steroid dienone is 1. The molecule has 1 aromatic heterocycles. The van der Waals surface area contributed by atoms with Crippen LogP contribution in [0, 0.1) is 0 Å². The van der Waals surface area contributed by atoms with Crippen LogP contribution in [0.4, 0.5) is 0 Å². The fraction of sp³-hybridized carbons (Fsp3) is 0.478. The minimum Gasteiger partial charge on any atom is -0.339 e. The number of likely N-dealkylation sites (tertiary alicyclic amines) is 1. The zero-order valence-corrected chi connectivity index (χ0v) is 17.5. The molecule has 1 aliphatic carbocycles. The van der Waals surface area contributed by atoms with Gasteiger partial charge in [0.15, 0.2) is 0 Å². The van der Waals surface area contributed by atoms with Gasteiger partial charge in [0.1, 0.15) is 0 Å². The maximum atomic E-state index is 13.1. The van der Waals surface area contributed by atoms with E-state index < -0.39 is 0 Å². The van der Waals surface area contributed by atoms with Crippen molar-refractivity contribution in [3.63, 3.8) is 0 Å². The Bertz CT molecular complexity index is 895. The van der Waals surface area contributed by atoms with E-state index in [4.69, 9.17) is 4.98 Å². The van der Waals surface area contributed by atoms with Gasteiger partial charge < -0.3 is 4.90 Å². The first-order valence-corrected chi connectivity index (χ1v) is 10.8. The highest BCUT2D eigenvalue weighted by molar-refractivity contribution is 7.09. The maximum Gasteiger partial charge on any atom is 0.250 e. The van der Waals surface area contributed by atoms with E-state index >= 15 is 0 Å². The molecule has 142 valence electrons. The van der Waals surface area contributed by atoms with Crippen LogP contribution >= 0.6 is 11.3 Å². The monoisotopic (exact) mass is 380 g/mol. The Hall–Kier alpha value is -1.94. The van der Waals surface area contributed by atoms with Crippen LogP contribution in [-0.4, -0.2) is 28.9 Å². The van der Waals surface area contributed by atoms with Crippen molar-refractivity contribution >= 4 is 22.8 Å². The van der Waals surface area contributed by atoms with Crippen LogP contribution in [0.1, 0.15) is 68.3 Å². The molecule has 2 aromatic rings. The highest BCUT2D eigenvalue weighted by atomic mass is 32.1. The molecule has 0 atom stereocenters. The molecule has 4 rings (SSSR count). The smallest absolute Gasteiger partial charge is 0.250 e. The summed E-state index contributed by atoms with van der Waals surface area (Å²) in [6.45, 7) is 10.4. The molecule has 1 aliphatic heterocycles. The molecule has 0 spiro atoms. The van der Waals surface area contributed by atoms with Gasteiger partial charge in [0.25, 0.3) is 0 Å². The minimum absolute atomic E-state index is 0.104. The third-order valence-electron chi connectivity index (χ3n) is 5.92. The Morgan fingerprint density at radius 3 is 2.52 bits per heavy atom. The predicted octanol–water partition coefficient (Wildman–Crippen LogP) is 5.18. The van der Waals surface area contributed by atoms with Crippen molar-refractivity contribution < 1.29 is 4.79 Å². The van der Waals surface area contributed by atoms with Gasteiger partial charge in [-0.15, -0.1) is 11.3 Å². The summed E-state index contributed by atoms with van der Waals surface area (Å²) in [6, 6.07) is 8.39. The van der Waals surface area contributed by atoms with Crippen molar-refractivity contribution in [3.05, 3.63) is 57.0 Å². The van der Waals surface area contributed by atoms with E-state index in [0.29, 0.717) is 5.92 Å². The quantitative estimate of drug-likeness (QED) is 0.719. The van der Waals surface area contributed by atoms with Gasteiger partial charge in [-0.2, -0.15) is 0 Å². The van der Waals surface area contributed by atoms with Crippen molar-refractivity contribution in [2.75, 3.05) is 13.1 Å². The standard InChI is InChI=1S/C23H28N2OS/c1-15-18-8-6-5-7-17(18)13-19(15)22(26)25-11-9-16(10-12-25)21-24-20(14-27-21)23(2,3)4/h5-8,14,16H,9-13H2,1-4H3. The minimum atomic E-state index is 0.104. The normalized spacial score (nSPS) is 18.1. The van der Waals surface area contributed by atoms with Gasteiger partial charge in [0, 0.05) is 41.8 Å². The van der Waals surface area contributed by atoms with Gasteiger partial charge in [0.05, 0.1) is 10.7 Å². The zero-order valence-electron chi connectivity index (χ0n) is 16.7. The molecule has 0 saturated carbocycles. The van der Waals surface area contributed by atoms with E-state index in [1.54, 1.807) is 11.3 Å². The van der Waals surface area contributed by atoms with Crippen molar-refractivity contribution in [2.45, 2.75) is 58.3 Å². The molecule has 27 heavy (non-hydrogen) atoms. The lowest BCUT2D eigenvalue weighted by Gasteiger charge is -2.31. The second-order valence-corrected chi connectivity index (χ2v) is 9.71. The third kappa shape index (κ3) is 3.47. The molecule has 4 heteroatoms. The highest BCUT2D eigenvalue weighted by Crippen LogP contribution is 2.36. The highest BCUT2D eigenvalue weighted by Gasteiger charge is 2.31. The number of rotatable bonds is 2. The van der Waals surface area contributed by atoms with Crippen LogP contribution in [0.3, 0.4) is 0 Å². The van der Waals surface area contributed by atoms with Gasteiger partial charge in [-0.3, -0.25) is 4.79 Å². The van der Waals surface area contributed by atoms with Crippen LogP contribution in [0.2, 0.25) is 0 Å². The zero-order chi connectivity index (χ0) is 19.2. The molecule has 1 saturated heterocycles. The van der Waals surface area contributed by atoms with Gasteiger partial charge in [-0.05, 0) is 36.5 Å². The summed E-state index contributed by atoms with van der Waals surface area (Å²) < 4.78 is 0. The SMILES string of the molecule is CC1=C(C(=O)N2CCC(c3nc(C(C)(C)C)cs3)CC2)Cc2ccccc21. The number of amides is 1. The summed E-state index contributed by atoms with van der Waals surface area (Å²) in [6.07, 6.45) is 2.81. The summed E-state index contributed by atoms with van der Waals surface area (Å²) in [5.41, 5.74) is 5.96. The van der Waals surface area contributed by atoms with E-state index in [2.05, 4.69) is 62.2 Å². The fourth-order valence-corrected chi connectivity index (χ4v) is 5.32. The molecule has 2 heterocycles. The number of hydrogen-bond acceptors (Lipinski definition) is 3. The van der Waals surface area contributed by atoms with Crippen molar-refractivity contribution in [1.29, 1.82) is 0 Å². The van der Waals surface area contributed by atoms with Crippen LogP contribution in [0.15, 0.2) is 35.2 Å². The summed E-state index contributed by atoms with van der Waals surface area (Å²) in [4.78, 5) is 20.1. The number of nitrogens with zero attached hydrogens (tertiary/aromatic N) is 2. The Morgan fingerprint density at radius 1 is 1.19 bits per heavy atom. The summed E-state index contributed by atoms with van der Waals surface area (Å²) in [5, 5.41) is 3.45. The van der Waals surface area contributed by atoms with E-state index in [1.165, 1.54) is 21.8 Å². The largest absolute Gasteiger partial charge is 0.339 e. The first kappa shape index (κ1) is 18.4. The lowest BCUT2D eigenvalue weighted by Crippen LogP contribution is -2.39. The van der Waals surface area contributed by atoms with Gasteiger partial charge >= 0.3 is 0 Å². The van der Waals surface area contributed by atoms with Crippen molar-refractivity contribution in [1.82, 2.24) is 9.88 Å². The summed E-state index contributed by atoms with van der Waals surface area (Å²) in [5.74, 6) is 0.725. The number of piperidine rings is 1. The van der Waals surface area contributed by atoms with Crippen LogP contribution in [0.25, 0.3) is 5.57 Å². The molecule has 0 N–H and O–H groups in total. The molecule has 2 aliphatic rings. The second kappa shape index (κ2) is 6.90.